The fourth-order valence-corrected chi connectivity index (χ4v) is 2.19. The summed E-state index contributed by atoms with van der Waals surface area (Å²) < 4.78 is 1.79. The molecule has 0 unspecified atom stereocenters. The van der Waals surface area contributed by atoms with E-state index in [0.29, 0.717) is 10.3 Å². The molecule has 0 fully saturated rings. The first-order valence-corrected chi connectivity index (χ1v) is 5.02. The number of aromatic nitrogens is 2. The van der Waals surface area contributed by atoms with Gasteiger partial charge < -0.3 is 5.11 Å². The maximum absolute atomic E-state index is 11.5. The summed E-state index contributed by atoms with van der Waals surface area (Å²) in [5.41, 5.74) is -0.0316. The molecular formula is C9H7N3O2S. The van der Waals surface area contributed by atoms with E-state index < -0.39 is 5.56 Å². The molecule has 15 heavy (non-hydrogen) atoms. The predicted molar refractivity (Wildman–Crippen MR) is 55.9 cm³/mol. The Hall–Kier alpha value is -1.87. The lowest BCUT2D eigenvalue weighted by atomic mass is 10.4. The monoisotopic (exact) mass is 221 g/mol. The van der Waals surface area contributed by atoms with Crippen LogP contribution in [-0.4, -0.2) is 14.7 Å². The molecule has 0 aliphatic heterocycles. The summed E-state index contributed by atoms with van der Waals surface area (Å²) in [7, 11) is 0. The van der Waals surface area contributed by atoms with Crippen LogP contribution in [0.4, 0.5) is 0 Å². The summed E-state index contributed by atoms with van der Waals surface area (Å²) in [5, 5.41) is 18.9. The third-order valence-corrected chi connectivity index (χ3v) is 2.94. The highest BCUT2D eigenvalue weighted by Crippen LogP contribution is 2.28. The Bertz CT molecular complexity index is 621. The van der Waals surface area contributed by atoms with Gasteiger partial charge in [0, 0.05) is 6.07 Å². The van der Waals surface area contributed by atoms with Gasteiger partial charge in [0.05, 0.1) is 11.1 Å². The molecule has 0 spiro atoms. The molecule has 0 aliphatic carbocycles. The van der Waals surface area contributed by atoms with Gasteiger partial charge >= 0.3 is 0 Å². The molecule has 2 aromatic rings. The number of nitriles is 1. The Kier molecular flexibility index (Phi) is 2.17. The zero-order valence-electron chi connectivity index (χ0n) is 7.89. The molecule has 0 bridgehead atoms. The van der Waals surface area contributed by atoms with Gasteiger partial charge in [-0.15, -0.1) is 11.3 Å². The smallest absolute Gasteiger partial charge is 0.256 e. The maximum Gasteiger partial charge on any atom is 0.256 e. The van der Waals surface area contributed by atoms with Crippen molar-refractivity contribution in [1.82, 2.24) is 9.55 Å². The normalized spacial score (nSPS) is 10.4. The van der Waals surface area contributed by atoms with E-state index in [-0.39, 0.29) is 12.3 Å². The molecule has 0 aliphatic rings. The molecule has 0 aromatic carbocycles. The van der Waals surface area contributed by atoms with E-state index >= 15 is 0 Å². The average molecular weight is 221 g/mol. The molecule has 0 radical (unpaired) electrons. The topological polar surface area (TPSA) is 78.9 Å². The van der Waals surface area contributed by atoms with Crippen LogP contribution in [0.5, 0.6) is 5.75 Å². The van der Waals surface area contributed by atoms with Crippen LogP contribution in [0.1, 0.15) is 5.01 Å². The van der Waals surface area contributed by atoms with Crippen LogP contribution in [-0.2, 0) is 6.54 Å². The summed E-state index contributed by atoms with van der Waals surface area (Å²) >= 11 is 1.30. The Morgan fingerprint density at radius 3 is 3.13 bits per heavy atom. The quantitative estimate of drug-likeness (QED) is 0.779. The van der Waals surface area contributed by atoms with Crippen LogP contribution in [0.2, 0.25) is 0 Å². The van der Waals surface area contributed by atoms with E-state index in [1.54, 1.807) is 6.92 Å². The largest absolute Gasteiger partial charge is 0.506 e. The Balaban J connectivity index is 2.90. The van der Waals surface area contributed by atoms with E-state index in [0.717, 1.165) is 11.1 Å². The second-order valence-corrected chi connectivity index (χ2v) is 4.20. The molecular weight excluding hydrogens is 214 g/mol. The third-order valence-electron chi connectivity index (χ3n) is 1.96. The van der Waals surface area contributed by atoms with Crippen LogP contribution in [0.25, 0.3) is 10.3 Å². The molecule has 0 atom stereocenters. The number of aryl methyl sites for hydroxylation is 1. The molecule has 0 amide bonds. The van der Waals surface area contributed by atoms with Gasteiger partial charge in [0.1, 0.15) is 17.0 Å². The predicted octanol–water partition coefficient (Wildman–Crippen LogP) is 0.996. The van der Waals surface area contributed by atoms with Gasteiger partial charge in [0.15, 0.2) is 5.65 Å². The number of nitrogens with zero attached hydrogens (tertiary/aromatic N) is 3. The van der Waals surface area contributed by atoms with Gasteiger partial charge in [0.25, 0.3) is 5.56 Å². The summed E-state index contributed by atoms with van der Waals surface area (Å²) in [6.07, 6.45) is 0. The second kappa shape index (κ2) is 3.37. The highest BCUT2D eigenvalue weighted by atomic mass is 32.1. The average Bonchev–Trinajstić information content (AvgIpc) is 2.55. The van der Waals surface area contributed by atoms with Gasteiger partial charge in [-0.25, -0.2) is 4.98 Å². The van der Waals surface area contributed by atoms with Crippen molar-refractivity contribution in [2.24, 2.45) is 0 Å². The number of rotatable bonds is 1. The van der Waals surface area contributed by atoms with E-state index in [4.69, 9.17) is 5.26 Å². The van der Waals surface area contributed by atoms with Crippen molar-refractivity contribution >= 4 is 21.7 Å². The highest BCUT2D eigenvalue weighted by molar-refractivity contribution is 7.18. The van der Waals surface area contributed by atoms with Crippen molar-refractivity contribution < 1.29 is 5.11 Å². The van der Waals surface area contributed by atoms with Crippen LogP contribution >= 0.6 is 11.3 Å². The Morgan fingerprint density at radius 2 is 2.47 bits per heavy atom. The highest BCUT2D eigenvalue weighted by Gasteiger charge is 2.11. The van der Waals surface area contributed by atoms with E-state index in [1.807, 2.05) is 6.07 Å². The number of hydrogen-bond donors (Lipinski definition) is 1. The lowest BCUT2D eigenvalue weighted by Crippen LogP contribution is -2.18. The van der Waals surface area contributed by atoms with Gasteiger partial charge in [-0.2, -0.15) is 5.26 Å². The molecule has 76 valence electrons. The molecule has 5 nitrogen and oxygen atoms in total. The zero-order chi connectivity index (χ0) is 11.0. The van der Waals surface area contributed by atoms with Crippen molar-refractivity contribution in [3.8, 4) is 11.8 Å². The van der Waals surface area contributed by atoms with Gasteiger partial charge in [-0.1, -0.05) is 0 Å². The van der Waals surface area contributed by atoms with Crippen molar-refractivity contribution in [1.29, 1.82) is 5.26 Å². The molecule has 6 heteroatoms. The minimum Gasteiger partial charge on any atom is -0.506 e. The van der Waals surface area contributed by atoms with Crippen molar-refractivity contribution in [3.63, 3.8) is 0 Å². The zero-order valence-corrected chi connectivity index (χ0v) is 8.71. The van der Waals surface area contributed by atoms with Gasteiger partial charge in [-0.05, 0) is 6.92 Å². The second-order valence-electron chi connectivity index (χ2n) is 3.00. The van der Waals surface area contributed by atoms with E-state index in [2.05, 4.69) is 4.98 Å². The van der Waals surface area contributed by atoms with Crippen LogP contribution in [0.15, 0.2) is 10.9 Å². The van der Waals surface area contributed by atoms with Gasteiger partial charge in [0.2, 0.25) is 0 Å². The summed E-state index contributed by atoms with van der Waals surface area (Å²) in [4.78, 5) is 15.6. The lowest BCUT2D eigenvalue weighted by molar-refractivity contribution is 0.480. The number of fused-ring (bicyclic) bond motifs is 1. The van der Waals surface area contributed by atoms with E-state index in [9.17, 15) is 9.90 Å². The number of thiazole rings is 1. The first-order valence-electron chi connectivity index (χ1n) is 4.20. The fourth-order valence-electron chi connectivity index (χ4n) is 1.35. The van der Waals surface area contributed by atoms with Crippen molar-refractivity contribution in [2.45, 2.75) is 13.5 Å². The Morgan fingerprint density at radius 1 is 1.73 bits per heavy atom. The molecule has 0 saturated carbocycles. The molecule has 2 heterocycles. The van der Waals surface area contributed by atoms with Crippen LogP contribution in [0.3, 0.4) is 0 Å². The molecule has 1 N–H and O–H groups in total. The Labute approximate surface area is 88.8 Å². The summed E-state index contributed by atoms with van der Waals surface area (Å²) in [5.74, 6) is -0.0743. The molecule has 2 rings (SSSR count). The van der Waals surface area contributed by atoms with Gasteiger partial charge in [-0.3, -0.25) is 9.36 Å². The number of pyridine rings is 1. The molecule has 0 saturated heterocycles. The minimum absolute atomic E-state index is 0.0568. The van der Waals surface area contributed by atoms with Crippen LogP contribution in [0, 0.1) is 18.3 Å². The van der Waals surface area contributed by atoms with Crippen molar-refractivity contribution in [2.75, 3.05) is 0 Å². The molecule has 2 aromatic heterocycles. The number of aromatic hydroxyl groups is 1. The third kappa shape index (κ3) is 1.47. The minimum atomic E-state index is -0.410. The van der Waals surface area contributed by atoms with Crippen LogP contribution < -0.4 is 5.56 Å². The SMILES string of the molecule is Cc1nc2c(s1)c(O)cc(=O)n2CC#N. The standard InChI is InChI=1S/C9H7N3O2S/c1-5-11-9-8(15-5)6(13)4-7(14)12(9)3-2-10/h4,13H,3H2,1H3. The summed E-state index contributed by atoms with van der Waals surface area (Å²) in [6.45, 7) is 1.73. The fraction of sp³-hybridized carbons (Fsp3) is 0.222. The van der Waals surface area contributed by atoms with Crippen molar-refractivity contribution in [3.05, 3.63) is 21.4 Å². The van der Waals surface area contributed by atoms with E-state index in [1.165, 1.54) is 15.9 Å². The first kappa shape index (κ1) is 9.68. The maximum atomic E-state index is 11.5. The first-order chi connectivity index (χ1) is 7.13. The number of hydrogen-bond acceptors (Lipinski definition) is 5. The lowest BCUT2D eigenvalue weighted by Gasteiger charge is -2.01. The summed E-state index contributed by atoms with van der Waals surface area (Å²) in [6, 6.07) is 3.00.